The van der Waals surface area contributed by atoms with Crippen LogP contribution in [0.4, 0.5) is 0 Å². The van der Waals surface area contributed by atoms with Gasteiger partial charge in [0.2, 0.25) is 0 Å². The van der Waals surface area contributed by atoms with E-state index in [1.165, 1.54) is 0 Å². The second kappa shape index (κ2) is 7.39. The first kappa shape index (κ1) is 15.0. The Balaban J connectivity index is 2.09. The molecule has 0 aromatic heterocycles. The quantitative estimate of drug-likeness (QED) is 0.645. The van der Waals surface area contributed by atoms with Gasteiger partial charge in [-0.05, 0) is 36.1 Å². The van der Waals surface area contributed by atoms with Gasteiger partial charge in [-0.15, -0.1) is 0 Å². The van der Waals surface area contributed by atoms with Crippen molar-refractivity contribution in [2.45, 2.75) is 26.7 Å². The highest BCUT2D eigenvalue weighted by Crippen LogP contribution is 2.19. The molecule has 0 fully saturated rings. The van der Waals surface area contributed by atoms with Crippen LogP contribution in [0.3, 0.4) is 0 Å². The van der Waals surface area contributed by atoms with Gasteiger partial charge in [-0.3, -0.25) is 4.79 Å². The highest BCUT2D eigenvalue weighted by Gasteiger charge is 2.05. The van der Waals surface area contributed by atoms with E-state index in [9.17, 15) is 4.79 Å². The molecule has 108 valence electrons. The van der Waals surface area contributed by atoms with Crippen LogP contribution in [0.15, 0.2) is 59.7 Å². The van der Waals surface area contributed by atoms with Gasteiger partial charge >= 0.3 is 0 Å². The lowest BCUT2D eigenvalue weighted by molar-refractivity contribution is 0.0954. The largest absolute Gasteiger partial charge is 0.271 e. The molecule has 0 heterocycles. The molecule has 2 aromatic rings. The Morgan fingerprint density at radius 1 is 0.905 bits per heavy atom. The molecule has 2 rings (SSSR count). The van der Waals surface area contributed by atoms with Crippen LogP contribution in [0.5, 0.6) is 0 Å². The fourth-order valence-electron chi connectivity index (χ4n) is 2.05. The van der Waals surface area contributed by atoms with Gasteiger partial charge in [0.05, 0.1) is 0 Å². The third-order valence-electron chi connectivity index (χ3n) is 3.39. The van der Waals surface area contributed by atoms with Gasteiger partial charge in [-0.2, -0.15) is 5.10 Å². The minimum Gasteiger partial charge on any atom is -0.267 e. The summed E-state index contributed by atoms with van der Waals surface area (Å²) in [6.45, 7) is 4.06. The van der Waals surface area contributed by atoms with E-state index in [-0.39, 0.29) is 5.91 Å². The second-order valence-electron chi connectivity index (χ2n) is 4.77. The highest BCUT2D eigenvalue weighted by atomic mass is 16.2. The summed E-state index contributed by atoms with van der Waals surface area (Å²) in [6, 6.07) is 17.6. The fourth-order valence-corrected chi connectivity index (χ4v) is 2.05. The van der Waals surface area contributed by atoms with E-state index in [2.05, 4.69) is 10.5 Å². The Labute approximate surface area is 125 Å². The molecule has 0 atom stereocenters. The van der Waals surface area contributed by atoms with Crippen LogP contribution in [-0.2, 0) is 0 Å². The molecule has 1 amide bonds. The molecule has 2 aromatic carbocycles. The summed E-state index contributed by atoms with van der Waals surface area (Å²) in [4.78, 5) is 12.0. The first-order chi connectivity index (χ1) is 10.2. The number of benzene rings is 2. The molecule has 3 nitrogen and oxygen atoms in total. The zero-order valence-electron chi connectivity index (χ0n) is 12.5. The van der Waals surface area contributed by atoms with E-state index >= 15 is 0 Å². The van der Waals surface area contributed by atoms with Gasteiger partial charge in [0.15, 0.2) is 0 Å². The standard InChI is InChI=1S/C18H20N2O/c1-3-17(4-2)19-20-18(21)16-12-10-15(11-13-16)14-8-6-5-7-9-14/h5-13H,3-4H2,1-2H3,(H,20,21). The van der Waals surface area contributed by atoms with Crippen LogP contribution in [0.2, 0.25) is 0 Å². The van der Waals surface area contributed by atoms with Crippen LogP contribution in [0.1, 0.15) is 37.0 Å². The molecule has 21 heavy (non-hydrogen) atoms. The maximum atomic E-state index is 12.0. The normalized spacial score (nSPS) is 10.0. The maximum Gasteiger partial charge on any atom is 0.271 e. The molecule has 0 bridgehead atoms. The summed E-state index contributed by atoms with van der Waals surface area (Å²) < 4.78 is 0. The monoisotopic (exact) mass is 280 g/mol. The summed E-state index contributed by atoms with van der Waals surface area (Å²) in [5, 5.41) is 4.13. The average molecular weight is 280 g/mol. The maximum absolute atomic E-state index is 12.0. The predicted octanol–water partition coefficient (Wildman–Crippen LogP) is 4.26. The van der Waals surface area contributed by atoms with E-state index in [4.69, 9.17) is 0 Å². The SMILES string of the molecule is CCC(CC)=NNC(=O)c1ccc(-c2ccccc2)cc1. The topological polar surface area (TPSA) is 41.5 Å². The van der Waals surface area contributed by atoms with E-state index < -0.39 is 0 Å². The number of hydrogen-bond acceptors (Lipinski definition) is 2. The van der Waals surface area contributed by atoms with Crippen LogP contribution < -0.4 is 5.43 Å². The number of nitrogens with one attached hydrogen (secondary N) is 1. The molecule has 0 saturated carbocycles. The van der Waals surface area contributed by atoms with E-state index in [0.717, 1.165) is 29.7 Å². The lowest BCUT2D eigenvalue weighted by Crippen LogP contribution is -2.19. The molecular formula is C18H20N2O. The Morgan fingerprint density at radius 2 is 1.48 bits per heavy atom. The van der Waals surface area contributed by atoms with Gasteiger partial charge in [-0.1, -0.05) is 56.3 Å². The molecule has 0 saturated heterocycles. The highest BCUT2D eigenvalue weighted by molar-refractivity contribution is 5.95. The van der Waals surface area contributed by atoms with Crippen molar-refractivity contribution in [3.63, 3.8) is 0 Å². The summed E-state index contributed by atoms with van der Waals surface area (Å²) in [5.74, 6) is -0.172. The van der Waals surface area contributed by atoms with Gasteiger partial charge < -0.3 is 0 Å². The Morgan fingerprint density at radius 3 is 2.05 bits per heavy atom. The van der Waals surface area contributed by atoms with Crippen molar-refractivity contribution < 1.29 is 4.79 Å². The third-order valence-corrected chi connectivity index (χ3v) is 3.39. The number of rotatable bonds is 5. The van der Waals surface area contributed by atoms with Gasteiger partial charge in [0.1, 0.15) is 0 Å². The van der Waals surface area contributed by atoms with Crippen molar-refractivity contribution in [3.05, 3.63) is 60.2 Å². The van der Waals surface area contributed by atoms with Crippen molar-refractivity contribution in [3.8, 4) is 11.1 Å². The number of carbonyl (C=O) groups is 1. The molecule has 0 aliphatic heterocycles. The minimum absolute atomic E-state index is 0.172. The second-order valence-corrected chi connectivity index (χ2v) is 4.77. The number of nitrogens with zero attached hydrogens (tertiary/aromatic N) is 1. The zero-order chi connectivity index (χ0) is 15.1. The van der Waals surface area contributed by atoms with Gasteiger partial charge in [0.25, 0.3) is 5.91 Å². The zero-order valence-corrected chi connectivity index (χ0v) is 12.5. The molecule has 0 radical (unpaired) electrons. The number of hydrogen-bond donors (Lipinski definition) is 1. The Kier molecular flexibility index (Phi) is 5.27. The summed E-state index contributed by atoms with van der Waals surface area (Å²) in [7, 11) is 0. The van der Waals surface area contributed by atoms with Gasteiger partial charge in [0, 0.05) is 11.3 Å². The third kappa shape index (κ3) is 4.02. The molecule has 0 aliphatic rings. The smallest absolute Gasteiger partial charge is 0.267 e. The molecule has 0 spiro atoms. The van der Waals surface area contributed by atoms with Crippen molar-refractivity contribution in [1.82, 2.24) is 5.43 Å². The number of carbonyl (C=O) groups excluding carboxylic acids is 1. The van der Waals surface area contributed by atoms with E-state index in [1.807, 2.05) is 68.4 Å². The first-order valence-electron chi connectivity index (χ1n) is 7.25. The minimum atomic E-state index is -0.172. The summed E-state index contributed by atoms with van der Waals surface area (Å²) in [5.41, 5.74) is 6.45. The molecule has 0 unspecified atom stereocenters. The van der Waals surface area contributed by atoms with Crippen LogP contribution >= 0.6 is 0 Å². The predicted molar refractivity (Wildman–Crippen MR) is 87.4 cm³/mol. The van der Waals surface area contributed by atoms with Crippen molar-refractivity contribution in [2.75, 3.05) is 0 Å². The van der Waals surface area contributed by atoms with E-state index in [1.54, 1.807) is 0 Å². The van der Waals surface area contributed by atoms with Gasteiger partial charge in [-0.25, -0.2) is 5.43 Å². The van der Waals surface area contributed by atoms with Crippen LogP contribution in [-0.4, -0.2) is 11.6 Å². The average Bonchev–Trinajstić information content (AvgIpc) is 2.56. The molecule has 3 heteroatoms. The lowest BCUT2D eigenvalue weighted by atomic mass is 10.0. The molecule has 0 aliphatic carbocycles. The van der Waals surface area contributed by atoms with Crippen LogP contribution in [0.25, 0.3) is 11.1 Å². The Bertz CT molecular complexity index is 609. The molecule has 1 N–H and O–H groups in total. The fraction of sp³-hybridized carbons (Fsp3) is 0.222. The Hall–Kier alpha value is -2.42. The lowest BCUT2D eigenvalue weighted by Gasteiger charge is -2.05. The van der Waals surface area contributed by atoms with Crippen molar-refractivity contribution in [1.29, 1.82) is 0 Å². The van der Waals surface area contributed by atoms with Crippen molar-refractivity contribution in [2.24, 2.45) is 5.10 Å². The number of amides is 1. The first-order valence-corrected chi connectivity index (χ1v) is 7.25. The van der Waals surface area contributed by atoms with Crippen molar-refractivity contribution >= 4 is 11.6 Å². The number of hydrazone groups is 1. The summed E-state index contributed by atoms with van der Waals surface area (Å²) in [6.07, 6.45) is 1.70. The summed E-state index contributed by atoms with van der Waals surface area (Å²) >= 11 is 0. The molecular weight excluding hydrogens is 260 g/mol. The van der Waals surface area contributed by atoms with Crippen LogP contribution in [0, 0.1) is 0 Å². The van der Waals surface area contributed by atoms with E-state index in [0.29, 0.717) is 5.56 Å².